The number of aryl methyl sites for hydroxylation is 1. The van der Waals surface area contributed by atoms with E-state index in [1.54, 1.807) is 26.2 Å². The van der Waals surface area contributed by atoms with E-state index in [0.29, 0.717) is 16.4 Å². The van der Waals surface area contributed by atoms with Gasteiger partial charge >= 0.3 is 0 Å². The number of nitrogens with one attached hydrogen (secondary N) is 1. The molecule has 1 N–H and O–H groups in total. The van der Waals surface area contributed by atoms with Crippen molar-refractivity contribution < 1.29 is 14.5 Å². The fourth-order valence-corrected chi connectivity index (χ4v) is 3.19. The van der Waals surface area contributed by atoms with Crippen LogP contribution in [0.3, 0.4) is 0 Å². The normalized spacial score (nSPS) is 10.4. The lowest BCUT2D eigenvalue weighted by molar-refractivity contribution is -0.385. The van der Waals surface area contributed by atoms with Crippen LogP contribution in [-0.2, 0) is 0 Å². The molecule has 7 nitrogen and oxygen atoms in total. The molecule has 1 aromatic heterocycles. The molecule has 0 saturated heterocycles. The van der Waals surface area contributed by atoms with Crippen LogP contribution in [0.2, 0.25) is 0 Å². The molecule has 3 aromatic rings. The van der Waals surface area contributed by atoms with E-state index in [-0.39, 0.29) is 11.3 Å². The Balaban J connectivity index is 1.82. The Labute approximate surface area is 153 Å². The molecule has 0 fully saturated rings. The summed E-state index contributed by atoms with van der Waals surface area (Å²) in [7, 11) is 1.59. The van der Waals surface area contributed by atoms with Crippen LogP contribution < -0.4 is 10.1 Å². The zero-order valence-corrected chi connectivity index (χ0v) is 14.9. The Hall–Kier alpha value is -3.26. The number of carbonyl (C=O) groups is 1. The number of nitro benzene ring substituents is 1. The topological polar surface area (TPSA) is 94.4 Å². The summed E-state index contributed by atoms with van der Waals surface area (Å²) in [6.07, 6.45) is 0. The van der Waals surface area contributed by atoms with E-state index < -0.39 is 10.8 Å². The summed E-state index contributed by atoms with van der Waals surface area (Å²) in [5.41, 5.74) is 1.82. The number of benzene rings is 2. The van der Waals surface area contributed by atoms with Gasteiger partial charge in [-0.1, -0.05) is 12.1 Å². The second kappa shape index (κ2) is 7.32. The molecule has 0 unspecified atom stereocenters. The molecule has 0 aliphatic heterocycles. The van der Waals surface area contributed by atoms with Crippen molar-refractivity contribution in [2.45, 2.75) is 6.92 Å². The molecule has 1 amide bonds. The molecule has 26 heavy (non-hydrogen) atoms. The number of thiazole rings is 1. The number of anilines is 1. The highest BCUT2D eigenvalue weighted by Gasteiger charge is 2.23. The van der Waals surface area contributed by atoms with Crippen LogP contribution in [0.4, 0.5) is 10.8 Å². The van der Waals surface area contributed by atoms with E-state index in [4.69, 9.17) is 4.74 Å². The first kappa shape index (κ1) is 17.6. The molecule has 8 heteroatoms. The van der Waals surface area contributed by atoms with Gasteiger partial charge in [-0.2, -0.15) is 0 Å². The van der Waals surface area contributed by atoms with Crippen LogP contribution in [0.1, 0.15) is 15.9 Å². The summed E-state index contributed by atoms with van der Waals surface area (Å²) < 4.78 is 5.12. The predicted molar refractivity (Wildman–Crippen MR) is 99.9 cm³/mol. The lowest BCUT2D eigenvalue weighted by Crippen LogP contribution is -2.14. The van der Waals surface area contributed by atoms with Crippen molar-refractivity contribution in [1.82, 2.24) is 4.98 Å². The average molecular weight is 369 g/mol. The highest BCUT2D eigenvalue weighted by molar-refractivity contribution is 7.14. The molecule has 0 saturated carbocycles. The molecular formula is C18H15N3O4S. The largest absolute Gasteiger partial charge is 0.497 e. The molecule has 132 valence electrons. The van der Waals surface area contributed by atoms with Crippen LogP contribution in [0.25, 0.3) is 11.3 Å². The Morgan fingerprint density at radius 3 is 2.62 bits per heavy atom. The molecular weight excluding hydrogens is 354 g/mol. The van der Waals surface area contributed by atoms with E-state index >= 15 is 0 Å². The van der Waals surface area contributed by atoms with Gasteiger partial charge in [-0.25, -0.2) is 4.98 Å². The van der Waals surface area contributed by atoms with Gasteiger partial charge in [0.25, 0.3) is 11.6 Å². The predicted octanol–water partition coefficient (Wildman–Crippen LogP) is 4.29. The number of methoxy groups -OCH3 is 1. The van der Waals surface area contributed by atoms with Crippen LogP contribution >= 0.6 is 11.3 Å². The second-order valence-corrected chi connectivity index (χ2v) is 6.31. The summed E-state index contributed by atoms with van der Waals surface area (Å²) >= 11 is 1.25. The van der Waals surface area contributed by atoms with Gasteiger partial charge < -0.3 is 4.74 Å². The highest BCUT2D eigenvalue weighted by Crippen LogP contribution is 2.28. The van der Waals surface area contributed by atoms with E-state index in [1.807, 2.05) is 29.6 Å². The Morgan fingerprint density at radius 2 is 1.96 bits per heavy atom. The van der Waals surface area contributed by atoms with Gasteiger partial charge in [-0.15, -0.1) is 11.3 Å². The first-order valence-corrected chi connectivity index (χ1v) is 8.53. The number of hydrogen-bond donors (Lipinski definition) is 1. The minimum atomic E-state index is -0.559. The maximum Gasteiger partial charge on any atom is 0.285 e. The first-order valence-electron chi connectivity index (χ1n) is 7.65. The monoisotopic (exact) mass is 369 g/mol. The Bertz CT molecular complexity index is 967. The summed E-state index contributed by atoms with van der Waals surface area (Å²) in [5.74, 6) is 0.181. The van der Waals surface area contributed by atoms with E-state index in [1.165, 1.54) is 17.4 Å². The molecule has 0 aliphatic carbocycles. The summed E-state index contributed by atoms with van der Waals surface area (Å²) in [6.45, 7) is 1.60. The zero-order valence-electron chi connectivity index (χ0n) is 14.1. The Morgan fingerprint density at radius 1 is 1.23 bits per heavy atom. The highest BCUT2D eigenvalue weighted by atomic mass is 32.1. The summed E-state index contributed by atoms with van der Waals surface area (Å²) in [4.78, 5) is 27.5. The minimum absolute atomic E-state index is 0.0104. The quantitative estimate of drug-likeness (QED) is 0.535. The fraction of sp³-hybridized carbons (Fsp3) is 0.111. The number of nitro groups is 1. The molecule has 1 heterocycles. The van der Waals surface area contributed by atoms with Crippen molar-refractivity contribution in [2.24, 2.45) is 0 Å². The molecule has 0 spiro atoms. The number of hydrogen-bond acceptors (Lipinski definition) is 6. The minimum Gasteiger partial charge on any atom is -0.497 e. The van der Waals surface area contributed by atoms with Crippen molar-refractivity contribution in [3.05, 3.63) is 69.1 Å². The maximum atomic E-state index is 12.5. The number of rotatable bonds is 5. The van der Waals surface area contributed by atoms with E-state index in [0.717, 1.165) is 11.3 Å². The molecule has 0 radical (unpaired) electrons. The van der Waals surface area contributed by atoms with Gasteiger partial charge in [0.15, 0.2) is 5.13 Å². The second-order valence-electron chi connectivity index (χ2n) is 5.45. The molecule has 0 aliphatic rings. The van der Waals surface area contributed by atoms with Gasteiger partial charge in [0, 0.05) is 16.5 Å². The van der Waals surface area contributed by atoms with E-state index in [2.05, 4.69) is 10.3 Å². The number of amides is 1. The third-order valence-corrected chi connectivity index (χ3v) is 4.53. The average Bonchev–Trinajstić information content (AvgIpc) is 3.09. The molecule has 0 atom stereocenters. The summed E-state index contributed by atoms with van der Waals surface area (Å²) in [5, 5.41) is 16.1. The number of aromatic nitrogens is 1. The maximum absolute atomic E-state index is 12.5. The summed E-state index contributed by atoms with van der Waals surface area (Å²) in [6, 6.07) is 12.0. The Kier molecular flexibility index (Phi) is 4.94. The van der Waals surface area contributed by atoms with E-state index in [9.17, 15) is 14.9 Å². The van der Waals surface area contributed by atoms with Crippen LogP contribution in [0.5, 0.6) is 5.75 Å². The van der Waals surface area contributed by atoms with Crippen molar-refractivity contribution in [3.63, 3.8) is 0 Å². The molecule has 3 rings (SSSR count). The van der Waals surface area contributed by atoms with Gasteiger partial charge in [0.05, 0.1) is 17.7 Å². The van der Waals surface area contributed by atoms with Crippen LogP contribution in [-0.4, -0.2) is 22.9 Å². The number of carbonyl (C=O) groups excluding carboxylic acids is 1. The third-order valence-electron chi connectivity index (χ3n) is 3.78. The lowest BCUT2D eigenvalue weighted by Gasteiger charge is -2.05. The SMILES string of the molecule is COc1ccc(-c2csc(NC(=O)c3cccc(C)c3[N+](=O)[O-])n2)cc1. The van der Waals surface area contributed by atoms with Gasteiger partial charge in [-0.05, 0) is 37.3 Å². The van der Waals surface area contributed by atoms with Crippen molar-refractivity contribution >= 4 is 28.1 Å². The van der Waals surface area contributed by atoms with Gasteiger partial charge in [0.2, 0.25) is 0 Å². The first-order chi connectivity index (χ1) is 12.5. The lowest BCUT2D eigenvalue weighted by atomic mass is 10.1. The number of ether oxygens (including phenoxy) is 1. The molecule has 2 aromatic carbocycles. The zero-order chi connectivity index (χ0) is 18.7. The number of nitrogens with zero attached hydrogens (tertiary/aromatic N) is 2. The smallest absolute Gasteiger partial charge is 0.285 e. The van der Waals surface area contributed by atoms with Crippen molar-refractivity contribution in [3.8, 4) is 17.0 Å². The van der Waals surface area contributed by atoms with Crippen LogP contribution in [0, 0.1) is 17.0 Å². The number of para-hydroxylation sites is 1. The standard InChI is InChI=1S/C18H15N3O4S/c1-11-4-3-5-14(16(11)21(23)24)17(22)20-18-19-15(10-26-18)12-6-8-13(25-2)9-7-12/h3-10H,1-2H3,(H,19,20,22). The van der Waals surface area contributed by atoms with Crippen molar-refractivity contribution in [1.29, 1.82) is 0 Å². The van der Waals surface area contributed by atoms with Gasteiger partial charge in [-0.3, -0.25) is 20.2 Å². The fourth-order valence-electron chi connectivity index (χ4n) is 2.47. The third kappa shape index (κ3) is 3.55. The van der Waals surface area contributed by atoms with Gasteiger partial charge in [0.1, 0.15) is 11.3 Å². The van der Waals surface area contributed by atoms with Crippen LogP contribution in [0.15, 0.2) is 47.8 Å². The molecule has 0 bridgehead atoms. The van der Waals surface area contributed by atoms with Crippen molar-refractivity contribution in [2.75, 3.05) is 12.4 Å².